The number of hydrogen-bond acceptors (Lipinski definition) is 1. The van der Waals surface area contributed by atoms with Crippen molar-refractivity contribution in [3.63, 3.8) is 0 Å². The molecule has 0 aliphatic heterocycles. The first-order chi connectivity index (χ1) is 9.08. The Morgan fingerprint density at radius 1 is 0.947 bits per heavy atom. The van der Waals surface area contributed by atoms with Crippen LogP contribution < -0.4 is 0 Å². The minimum Gasteiger partial charge on any atom is -0.388 e. The van der Waals surface area contributed by atoms with Gasteiger partial charge in [-0.3, -0.25) is 0 Å². The molecule has 0 saturated carbocycles. The van der Waals surface area contributed by atoms with Crippen molar-refractivity contribution in [2.45, 2.75) is 32.3 Å². The zero-order chi connectivity index (χ0) is 13.8. The summed E-state index contributed by atoms with van der Waals surface area (Å²) in [7, 11) is 0. The van der Waals surface area contributed by atoms with Gasteiger partial charge in [-0.15, -0.1) is 0 Å². The molecule has 1 atom stereocenters. The molecule has 0 saturated heterocycles. The number of hydrogen-bond donors (Lipinski definition) is 1. The smallest absolute Gasteiger partial charge is 0.126 e. The lowest BCUT2D eigenvalue weighted by molar-refractivity contribution is 0.177. The molecule has 0 spiro atoms. The lowest BCUT2D eigenvalue weighted by atomic mass is 9.97. The Kier molecular flexibility index (Phi) is 4.33. The molecular weight excluding hydrogens is 239 g/mol. The van der Waals surface area contributed by atoms with Crippen LogP contribution in [0.5, 0.6) is 0 Å². The van der Waals surface area contributed by atoms with Crippen LogP contribution in [-0.4, -0.2) is 5.11 Å². The zero-order valence-electron chi connectivity index (χ0n) is 11.3. The average molecular weight is 258 g/mol. The third-order valence-corrected chi connectivity index (χ3v) is 3.36. The van der Waals surface area contributed by atoms with Crippen LogP contribution in [0, 0.1) is 5.82 Å². The van der Waals surface area contributed by atoms with Gasteiger partial charge in [0.15, 0.2) is 0 Å². The van der Waals surface area contributed by atoms with E-state index in [-0.39, 0.29) is 5.82 Å². The maximum Gasteiger partial charge on any atom is 0.126 e. The predicted octanol–water partition coefficient (Wildman–Crippen LogP) is 4.23. The van der Waals surface area contributed by atoms with E-state index in [1.54, 1.807) is 18.2 Å². The number of halogens is 1. The summed E-state index contributed by atoms with van der Waals surface area (Å²) in [6.45, 7) is 4.26. The molecule has 2 heteroatoms. The highest BCUT2D eigenvalue weighted by Gasteiger charge is 2.11. The normalized spacial score (nSPS) is 12.7. The van der Waals surface area contributed by atoms with Gasteiger partial charge in [-0.25, -0.2) is 4.39 Å². The first-order valence-corrected chi connectivity index (χ1v) is 6.59. The summed E-state index contributed by atoms with van der Waals surface area (Å²) < 4.78 is 13.5. The second-order valence-electron chi connectivity index (χ2n) is 5.13. The summed E-state index contributed by atoms with van der Waals surface area (Å²) >= 11 is 0. The standard InChI is InChI=1S/C17H19FO/c1-12(2)13-7-9-14(10-8-13)17(19)11-15-5-3-4-6-16(15)18/h3-10,12,17,19H,11H2,1-2H3. The lowest BCUT2D eigenvalue weighted by Crippen LogP contribution is -2.03. The van der Waals surface area contributed by atoms with Gasteiger partial charge in [0.2, 0.25) is 0 Å². The van der Waals surface area contributed by atoms with Crippen molar-refractivity contribution < 1.29 is 9.50 Å². The Balaban J connectivity index is 2.12. The van der Waals surface area contributed by atoms with Gasteiger partial charge in [-0.1, -0.05) is 56.3 Å². The first-order valence-electron chi connectivity index (χ1n) is 6.59. The highest BCUT2D eigenvalue weighted by atomic mass is 19.1. The summed E-state index contributed by atoms with van der Waals surface area (Å²) in [4.78, 5) is 0. The summed E-state index contributed by atoms with van der Waals surface area (Å²) in [5.41, 5.74) is 2.61. The van der Waals surface area contributed by atoms with Gasteiger partial charge in [-0.05, 0) is 28.7 Å². The number of benzene rings is 2. The molecule has 2 aromatic carbocycles. The molecule has 19 heavy (non-hydrogen) atoms. The lowest BCUT2D eigenvalue weighted by Gasteiger charge is -2.13. The first kappa shape index (κ1) is 13.8. The molecule has 0 fully saturated rings. The Morgan fingerprint density at radius 2 is 1.53 bits per heavy atom. The highest BCUT2D eigenvalue weighted by Crippen LogP contribution is 2.22. The van der Waals surface area contributed by atoms with Crippen LogP contribution in [0.3, 0.4) is 0 Å². The molecule has 2 rings (SSSR count). The molecule has 100 valence electrons. The quantitative estimate of drug-likeness (QED) is 0.870. The van der Waals surface area contributed by atoms with E-state index in [1.807, 2.05) is 24.3 Å². The van der Waals surface area contributed by atoms with Crippen LogP contribution >= 0.6 is 0 Å². The van der Waals surface area contributed by atoms with Gasteiger partial charge >= 0.3 is 0 Å². The number of aliphatic hydroxyl groups excluding tert-OH is 1. The summed E-state index contributed by atoms with van der Waals surface area (Å²) in [6.07, 6.45) is -0.369. The molecule has 0 heterocycles. The van der Waals surface area contributed by atoms with Crippen LogP contribution in [-0.2, 0) is 6.42 Å². The van der Waals surface area contributed by atoms with Gasteiger partial charge in [0.1, 0.15) is 5.82 Å². The van der Waals surface area contributed by atoms with E-state index in [0.717, 1.165) is 5.56 Å². The second-order valence-corrected chi connectivity index (χ2v) is 5.13. The topological polar surface area (TPSA) is 20.2 Å². The summed E-state index contributed by atoms with van der Waals surface area (Å²) in [5, 5.41) is 10.2. The maximum absolute atomic E-state index is 13.5. The molecule has 0 radical (unpaired) electrons. The van der Waals surface area contributed by atoms with Crippen LogP contribution in [0.15, 0.2) is 48.5 Å². The SMILES string of the molecule is CC(C)c1ccc(C(O)Cc2ccccc2F)cc1. The molecular formula is C17H19FO. The van der Waals surface area contributed by atoms with Crippen molar-refractivity contribution >= 4 is 0 Å². The molecule has 1 nitrogen and oxygen atoms in total. The molecule has 1 unspecified atom stereocenters. The molecule has 0 aliphatic rings. The molecule has 0 aromatic heterocycles. The van der Waals surface area contributed by atoms with Crippen LogP contribution in [0.2, 0.25) is 0 Å². The third-order valence-electron chi connectivity index (χ3n) is 3.36. The Bertz CT molecular complexity index is 531. The van der Waals surface area contributed by atoms with Crippen LogP contribution in [0.4, 0.5) is 4.39 Å². The fraction of sp³-hybridized carbons (Fsp3) is 0.294. The van der Waals surface area contributed by atoms with Crippen molar-refractivity contribution in [2.24, 2.45) is 0 Å². The Labute approximate surface area is 113 Å². The molecule has 0 aliphatic carbocycles. The van der Waals surface area contributed by atoms with Crippen LogP contribution in [0.25, 0.3) is 0 Å². The van der Waals surface area contributed by atoms with Crippen molar-refractivity contribution in [1.29, 1.82) is 0 Å². The Hall–Kier alpha value is -1.67. The summed E-state index contributed by atoms with van der Waals surface area (Å²) in [6, 6.07) is 14.4. The molecule has 1 N–H and O–H groups in total. The predicted molar refractivity (Wildman–Crippen MR) is 75.6 cm³/mol. The van der Waals surface area contributed by atoms with Crippen LogP contribution in [0.1, 0.15) is 42.6 Å². The van der Waals surface area contributed by atoms with Crippen molar-refractivity contribution in [3.8, 4) is 0 Å². The van der Waals surface area contributed by atoms with E-state index in [2.05, 4.69) is 13.8 Å². The fourth-order valence-corrected chi connectivity index (χ4v) is 2.09. The van der Waals surface area contributed by atoms with Gasteiger partial charge in [0.25, 0.3) is 0 Å². The van der Waals surface area contributed by atoms with E-state index in [1.165, 1.54) is 11.6 Å². The fourth-order valence-electron chi connectivity index (χ4n) is 2.09. The van der Waals surface area contributed by atoms with Gasteiger partial charge in [0, 0.05) is 6.42 Å². The van der Waals surface area contributed by atoms with Gasteiger partial charge < -0.3 is 5.11 Å². The largest absolute Gasteiger partial charge is 0.388 e. The van der Waals surface area contributed by atoms with E-state index >= 15 is 0 Å². The second kappa shape index (κ2) is 5.98. The highest BCUT2D eigenvalue weighted by molar-refractivity contribution is 5.28. The minimum absolute atomic E-state index is 0.264. The number of rotatable bonds is 4. The molecule has 2 aromatic rings. The summed E-state index contributed by atoms with van der Waals surface area (Å²) in [5.74, 6) is 0.207. The van der Waals surface area contributed by atoms with Gasteiger partial charge in [0.05, 0.1) is 6.10 Å². The Morgan fingerprint density at radius 3 is 2.11 bits per heavy atom. The van der Waals surface area contributed by atoms with E-state index < -0.39 is 6.10 Å². The third kappa shape index (κ3) is 3.42. The van der Waals surface area contributed by atoms with E-state index in [0.29, 0.717) is 17.9 Å². The monoisotopic (exact) mass is 258 g/mol. The molecule has 0 bridgehead atoms. The minimum atomic E-state index is -0.668. The molecule has 0 amide bonds. The average Bonchev–Trinajstić information content (AvgIpc) is 2.41. The van der Waals surface area contributed by atoms with Crippen molar-refractivity contribution in [1.82, 2.24) is 0 Å². The van der Waals surface area contributed by atoms with Gasteiger partial charge in [-0.2, -0.15) is 0 Å². The van der Waals surface area contributed by atoms with Crippen molar-refractivity contribution in [2.75, 3.05) is 0 Å². The zero-order valence-corrected chi connectivity index (χ0v) is 11.3. The number of aliphatic hydroxyl groups is 1. The maximum atomic E-state index is 13.5. The van der Waals surface area contributed by atoms with E-state index in [9.17, 15) is 9.50 Å². The van der Waals surface area contributed by atoms with Crippen molar-refractivity contribution in [3.05, 3.63) is 71.0 Å². The van der Waals surface area contributed by atoms with E-state index in [4.69, 9.17) is 0 Å².